The van der Waals surface area contributed by atoms with Gasteiger partial charge in [-0.2, -0.15) is 0 Å². The molecule has 0 radical (unpaired) electrons. The number of furan rings is 1. The summed E-state index contributed by atoms with van der Waals surface area (Å²) in [5.74, 6) is 0.683. The van der Waals surface area contributed by atoms with Crippen LogP contribution in [0.15, 0.2) is 239 Å². The topological polar surface area (TPSA) is 41.1 Å². The predicted octanol–water partition coefficient (Wildman–Crippen LogP) is 15.2. The second kappa shape index (κ2) is 15.6. The molecule has 4 nitrogen and oxygen atoms in total. The lowest BCUT2D eigenvalue weighted by Gasteiger charge is -2.26. The highest BCUT2D eigenvalue weighted by atomic mass is 16.3. The maximum absolute atomic E-state index is 6.80. The third-order valence-electron chi connectivity index (χ3n) is 11.5. The molecular weight excluding hydrogens is 743 g/mol. The van der Waals surface area contributed by atoms with Gasteiger partial charge in [0.2, 0.25) is 0 Å². The van der Waals surface area contributed by atoms with Gasteiger partial charge in [-0.1, -0.05) is 164 Å². The van der Waals surface area contributed by atoms with Crippen LogP contribution >= 0.6 is 0 Å². The van der Waals surface area contributed by atoms with Crippen molar-refractivity contribution in [3.05, 3.63) is 241 Å². The Bertz CT molecular complexity index is 3280. The maximum atomic E-state index is 6.80. The number of hydrogen-bond acceptors (Lipinski definition) is 4. The molecule has 0 unspecified atom stereocenters. The monoisotopic (exact) mass is 781 g/mol. The SMILES string of the molecule is C1=C(c2ccccc2)N=C(c2ccccc2)N=C(c2cc(-c3ccc(N(c4ccccc4)c4ccc(-c5ccccc5)cc4)cc3)c3c(c2)oc2cc4ccccc4cc23)C1. The zero-order valence-electron chi connectivity index (χ0n) is 33.3. The molecule has 0 spiro atoms. The van der Waals surface area contributed by atoms with Crippen LogP contribution in [0.3, 0.4) is 0 Å². The molecule has 1 aliphatic heterocycles. The lowest BCUT2D eigenvalue weighted by Crippen LogP contribution is -2.09. The summed E-state index contributed by atoms with van der Waals surface area (Å²) in [5.41, 5.74) is 14.3. The fraction of sp³-hybridized carbons (Fsp3) is 0.0175. The number of para-hydroxylation sites is 1. The molecule has 0 saturated heterocycles. The van der Waals surface area contributed by atoms with Gasteiger partial charge in [-0.05, 0) is 99.3 Å². The van der Waals surface area contributed by atoms with E-state index >= 15 is 0 Å². The minimum absolute atomic E-state index is 0.604. The molecule has 0 atom stereocenters. The molecule has 1 aromatic heterocycles. The largest absolute Gasteiger partial charge is 0.456 e. The third-order valence-corrected chi connectivity index (χ3v) is 11.5. The zero-order valence-corrected chi connectivity index (χ0v) is 33.3. The van der Waals surface area contributed by atoms with E-state index in [2.05, 4.69) is 205 Å². The summed E-state index contributed by atoms with van der Waals surface area (Å²) in [7, 11) is 0. The van der Waals surface area contributed by atoms with E-state index in [1.165, 1.54) is 16.5 Å². The van der Waals surface area contributed by atoms with Crippen LogP contribution in [0.2, 0.25) is 0 Å². The average Bonchev–Trinajstić information content (AvgIpc) is 3.53. The molecule has 0 bridgehead atoms. The van der Waals surface area contributed by atoms with Crippen molar-refractivity contribution >= 4 is 67.0 Å². The van der Waals surface area contributed by atoms with Crippen molar-refractivity contribution < 1.29 is 4.42 Å². The second-order valence-corrected chi connectivity index (χ2v) is 15.3. The smallest absolute Gasteiger partial charge is 0.160 e. The summed E-state index contributed by atoms with van der Waals surface area (Å²) in [6, 6.07) is 76.8. The maximum Gasteiger partial charge on any atom is 0.160 e. The molecule has 9 aromatic carbocycles. The Morgan fingerprint density at radius 2 is 0.918 bits per heavy atom. The van der Waals surface area contributed by atoms with Crippen molar-refractivity contribution in [3.8, 4) is 22.3 Å². The van der Waals surface area contributed by atoms with E-state index in [-0.39, 0.29) is 0 Å². The Morgan fingerprint density at radius 1 is 0.393 bits per heavy atom. The molecule has 2 heterocycles. The molecule has 10 aromatic rings. The van der Waals surface area contributed by atoms with Crippen molar-refractivity contribution in [1.82, 2.24) is 0 Å². The van der Waals surface area contributed by atoms with Crippen LogP contribution in [0, 0.1) is 0 Å². The first-order valence-electron chi connectivity index (χ1n) is 20.7. The molecule has 288 valence electrons. The lowest BCUT2D eigenvalue weighted by molar-refractivity contribution is 0.669. The molecule has 0 saturated carbocycles. The van der Waals surface area contributed by atoms with Gasteiger partial charge in [0.25, 0.3) is 0 Å². The number of anilines is 3. The zero-order chi connectivity index (χ0) is 40.5. The second-order valence-electron chi connectivity index (χ2n) is 15.3. The van der Waals surface area contributed by atoms with Crippen molar-refractivity contribution in [3.63, 3.8) is 0 Å². The normalized spacial score (nSPS) is 12.8. The quantitative estimate of drug-likeness (QED) is 0.154. The Kier molecular flexibility index (Phi) is 9.21. The van der Waals surface area contributed by atoms with Gasteiger partial charge >= 0.3 is 0 Å². The van der Waals surface area contributed by atoms with Gasteiger partial charge in [0, 0.05) is 45.4 Å². The highest BCUT2D eigenvalue weighted by molar-refractivity contribution is 6.20. The van der Waals surface area contributed by atoms with Crippen LogP contribution in [0.4, 0.5) is 17.1 Å². The highest BCUT2D eigenvalue weighted by Gasteiger charge is 2.21. The summed E-state index contributed by atoms with van der Waals surface area (Å²) in [4.78, 5) is 12.8. The van der Waals surface area contributed by atoms with Crippen LogP contribution in [-0.4, -0.2) is 11.5 Å². The first kappa shape index (κ1) is 36.0. The van der Waals surface area contributed by atoms with Crippen molar-refractivity contribution in [2.75, 3.05) is 4.90 Å². The summed E-state index contributed by atoms with van der Waals surface area (Å²) in [6.45, 7) is 0. The molecule has 0 fully saturated rings. The summed E-state index contributed by atoms with van der Waals surface area (Å²) in [6.07, 6.45) is 2.80. The van der Waals surface area contributed by atoms with Gasteiger partial charge in [-0.3, -0.25) is 0 Å². The minimum atomic E-state index is 0.604. The number of benzene rings is 9. The van der Waals surface area contributed by atoms with Gasteiger partial charge in [-0.25, -0.2) is 9.98 Å². The molecule has 11 rings (SSSR count). The van der Waals surface area contributed by atoms with Gasteiger partial charge in [0.05, 0.1) is 11.4 Å². The van der Waals surface area contributed by atoms with E-state index in [0.29, 0.717) is 12.3 Å². The molecule has 61 heavy (non-hydrogen) atoms. The van der Waals surface area contributed by atoms with Crippen LogP contribution in [0.5, 0.6) is 0 Å². The number of fused-ring (bicyclic) bond motifs is 4. The first-order chi connectivity index (χ1) is 30.2. The highest BCUT2D eigenvalue weighted by Crippen LogP contribution is 2.42. The number of nitrogens with zero attached hydrogens (tertiary/aromatic N) is 3. The lowest BCUT2D eigenvalue weighted by atomic mass is 9.93. The molecular formula is C57H39N3O. The number of allylic oxidation sites excluding steroid dienone is 1. The summed E-state index contributed by atoms with van der Waals surface area (Å²) in [5, 5.41) is 4.49. The van der Waals surface area contributed by atoms with Gasteiger partial charge in [0.1, 0.15) is 11.2 Å². The van der Waals surface area contributed by atoms with E-state index in [1.807, 2.05) is 24.3 Å². The van der Waals surface area contributed by atoms with Crippen LogP contribution in [0.1, 0.15) is 23.1 Å². The number of hydrogen-bond donors (Lipinski definition) is 0. The van der Waals surface area contributed by atoms with Crippen LogP contribution in [0.25, 0.3) is 60.7 Å². The number of amidine groups is 1. The van der Waals surface area contributed by atoms with Gasteiger partial charge in [0.15, 0.2) is 5.84 Å². The van der Waals surface area contributed by atoms with E-state index in [0.717, 1.165) is 83.6 Å². The fourth-order valence-electron chi connectivity index (χ4n) is 8.48. The predicted molar refractivity (Wildman–Crippen MR) is 255 cm³/mol. The van der Waals surface area contributed by atoms with Crippen molar-refractivity contribution in [1.29, 1.82) is 0 Å². The average molecular weight is 782 g/mol. The third kappa shape index (κ3) is 7.00. The van der Waals surface area contributed by atoms with Crippen LogP contribution in [-0.2, 0) is 0 Å². The molecule has 4 heteroatoms. The van der Waals surface area contributed by atoms with Gasteiger partial charge in [-0.15, -0.1) is 0 Å². The van der Waals surface area contributed by atoms with E-state index < -0.39 is 0 Å². The van der Waals surface area contributed by atoms with E-state index in [1.54, 1.807) is 0 Å². The Hall–Kier alpha value is -8.08. The van der Waals surface area contributed by atoms with Crippen LogP contribution < -0.4 is 4.90 Å². The molecule has 0 amide bonds. The Balaban J connectivity index is 1.06. The molecule has 1 aliphatic rings. The molecule has 0 aliphatic carbocycles. The van der Waals surface area contributed by atoms with Crippen molar-refractivity contribution in [2.45, 2.75) is 6.42 Å². The first-order valence-corrected chi connectivity index (χ1v) is 20.7. The fourth-order valence-corrected chi connectivity index (χ4v) is 8.48. The number of rotatable bonds is 8. The minimum Gasteiger partial charge on any atom is -0.456 e. The molecule has 0 N–H and O–H groups in total. The standard InChI is InChI=1S/C57H39N3O/c1-5-15-39(16-6-1)40-25-29-48(30-26-40)60(47-23-11-4-12-24-47)49-31-27-41(28-32-49)50-36-46(38-55-56(50)51-35-44-21-13-14-22-45(44)37-54(51)61-55)53-34-33-52(42-17-7-2-8-18-42)58-57(59-53)43-19-9-3-10-20-43/h1-33,35-38H,34H2. The van der Waals surface area contributed by atoms with E-state index in [9.17, 15) is 0 Å². The Morgan fingerprint density at radius 3 is 1.57 bits per heavy atom. The summed E-state index contributed by atoms with van der Waals surface area (Å²) < 4.78 is 6.80. The van der Waals surface area contributed by atoms with Gasteiger partial charge < -0.3 is 9.32 Å². The van der Waals surface area contributed by atoms with Crippen molar-refractivity contribution in [2.24, 2.45) is 9.98 Å². The summed E-state index contributed by atoms with van der Waals surface area (Å²) >= 11 is 0. The number of aliphatic imine (C=N–C) groups is 2. The van der Waals surface area contributed by atoms with E-state index in [4.69, 9.17) is 14.4 Å². The Labute approximate surface area is 354 Å².